The fourth-order valence-electron chi connectivity index (χ4n) is 20.3. The zero-order valence-electron chi connectivity index (χ0n) is 83.8. The van der Waals surface area contributed by atoms with Crippen molar-refractivity contribution in [2.45, 2.75) is 212 Å². The van der Waals surface area contributed by atoms with Crippen molar-refractivity contribution < 1.29 is 51.2 Å². The van der Waals surface area contributed by atoms with E-state index in [-0.39, 0.29) is 67.1 Å². The number of piperidine rings is 2. The van der Waals surface area contributed by atoms with E-state index in [1.807, 2.05) is 85.5 Å². The number of likely N-dealkylation sites (tertiary alicyclic amines) is 2. The molecular formula is C109H129F3N12O13S5. The van der Waals surface area contributed by atoms with Crippen molar-refractivity contribution in [3.05, 3.63) is 274 Å². The molecule has 754 valence electrons. The van der Waals surface area contributed by atoms with E-state index in [0.29, 0.717) is 124 Å². The predicted octanol–water partition coefficient (Wildman–Crippen LogP) is 18.9. The van der Waals surface area contributed by atoms with Crippen molar-refractivity contribution in [2.24, 2.45) is 0 Å². The first kappa shape index (κ1) is 108. The third-order valence-corrected chi connectivity index (χ3v) is 31.6. The Morgan fingerprint density at radius 1 is 0.415 bits per heavy atom. The van der Waals surface area contributed by atoms with Gasteiger partial charge in [-0.15, -0.1) is 32.9 Å². The first-order chi connectivity index (χ1) is 68.1. The third-order valence-electron chi connectivity index (χ3n) is 26.9. The number of hydrogen-bond acceptors (Lipinski definition) is 23. The SMILES string of the molecule is C=CCn1c(SCC(F)(F)F)nc2c(c1=O)C(C)(C)Cc1ccc(OC)cc1-2.C=CCn1c(SCC)nc2c(c1=O)C(C)(C)Cc1c(OC)cccc1-2.C=CCn1c(SCC)nc2c(c1=O)C(C)(C)Cc1c(OCCOC)cccc1-2.C=CCn1c(SCCOC)nc2c(c1=O)C1(CCN(C(C)=O)CC1)Cc1ccccc1-2.C=CCn1c(SCCOC)nc2c(c1=O)C1(CCN(C=O)CC1)Cc1ccccc1-2. The summed E-state index contributed by atoms with van der Waals surface area (Å²) < 4.78 is 78.9. The van der Waals surface area contributed by atoms with E-state index in [2.05, 4.69) is 110 Å². The summed E-state index contributed by atoms with van der Waals surface area (Å²) in [6.45, 7) is 43.7. The van der Waals surface area contributed by atoms with Gasteiger partial charge < -0.3 is 38.2 Å². The van der Waals surface area contributed by atoms with E-state index in [1.54, 1.807) is 112 Å². The van der Waals surface area contributed by atoms with Crippen LogP contribution in [0.5, 0.6) is 17.2 Å². The second kappa shape index (κ2) is 47.2. The minimum Gasteiger partial charge on any atom is -0.497 e. The lowest BCUT2D eigenvalue weighted by Gasteiger charge is -2.45. The lowest BCUT2D eigenvalue weighted by Crippen LogP contribution is -2.50. The number of allylic oxidation sites excluding steroid dienone is 5. The van der Waals surface area contributed by atoms with Crippen LogP contribution in [0, 0.1) is 0 Å². The molecule has 33 heteroatoms. The average molecular weight is 2030 g/mol. The zero-order valence-corrected chi connectivity index (χ0v) is 87.8. The summed E-state index contributed by atoms with van der Waals surface area (Å²) in [5.74, 6) is 4.43. The molecular weight excluding hydrogens is 1900 g/mol. The van der Waals surface area contributed by atoms with E-state index >= 15 is 0 Å². The summed E-state index contributed by atoms with van der Waals surface area (Å²) in [7, 11) is 8.23. The second-order valence-electron chi connectivity index (χ2n) is 37.8. The van der Waals surface area contributed by atoms with Gasteiger partial charge in [0.2, 0.25) is 12.3 Å². The van der Waals surface area contributed by atoms with Crippen molar-refractivity contribution in [1.82, 2.24) is 57.6 Å². The lowest BCUT2D eigenvalue weighted by molar-refractivity contribution is -0.130. The number of methoxy groups -OCH3 is 5. The normalized spacial score (nSPS) is 15.5. The van der Waals surface area contributed by atoms with Gasteiger partial charge in [-0.05, 0) is 110 Å². The van der Waals surface area contributed by atoms with Crippen LogP contribution in [0.4, 0.5) is 13.2 Å². The Labute approximate surface area is 850 Å². The molecule has 0 bridgehead atoms. The number of alkyl halides is 3. The Bertz CT molecular complexity index is 6710. The van der Waals surface area contributed by atoms with Gasteiger partial charge >= 0.3 is 6.18 Å². The van der Waals surface area contributed by atoms with Crippen LogP contribution in [0.3, 0.4) is 0 Å². The highest BCUT2D eigenvalue weighted by atomic mass is 32.2. The largest absolute Gasteiger partial charge is 0.497 e. The number of thioether (sulfide) groups is 5. The van der Waals surface area contributed by atoms with Crippen LogP contribution in [-0.2, 0) is 116 Å². The molecule has 0 N–H and O–H groups in total. The molecule has 7 heterocycles. The first-order valence-electron chi connectivity index (χ1n) is 47.8. The van der Waals surface area contributed by atoms with Crippen LogP contribution >= 0.6 is 58.8 Å². The number of nitrogens with zero attached hydrogens (tertiary/aromatic N) is 12. The second-order valence-corrected chi connectivity index (χ2v) is 43.3. The molecule has 5 aliphatic carbocycles. The number of amides is 2. The summed E-state index contributed by atoms with van der Waals surface area (Å²) in [4.78, 5) is 119. The molecule has 2 amide bonds. The molecule has 5 aromatic carbocycles. The first-order valence-corrected chi connectivity index (χ1v) is 52.7. The van der Waals surface area contributed by atoms with Gasteiger partial charge in [-0.25, -0.2) is 24.9 Å². The molecule has 7 aliphatic rings. The van der Waals surface area contributed by atoms with Gasteiger partial charge in [0, 0.05) is 181 Å². The van der Waals surface area contributed by atoms with Gasteiger partial charge in [0.05, 0.1) is 79.4 Å². The van der Waals surface area contributed by atoms with Gasteiger partial charge in [0.15, 0.2) is 25.8 Å². The fourth-order valence-corrected chi connectivity index (χ4v) is 24.4. The number of aromatic nitrogens is 10. The number of carbonyl (C=O) groups excluding carboxylic acids is 2. The van der Waals surface area contributed by atoms with E-state index in [9.17, 15) is 46.7 Å². The quantitative estimate of drug-likeness (QED) is 0.0128. The van der Waals surface area contributed by atoms with E-state index < -0.39 is 17.3 Å². The van der Waals surface area contributed by atoms with Crippen LogP contribution in [0.2, 0.25) is 0 Å². The van der Waals surface area contributed by atoms with Gasteiger partial charge in [-0.1, -0.05) is 223 Å². The third kappa shape index (κ3) is 23.0. The Balaban J connectivity index is 0.000000149. The molecule has 2 saturated heterocycles. The molecule has 5 aromatic heterocycles. The Morgan fingerprint density at radius 3 is 1.16 bits per heavy atom. The van der Waals surface area contributed by atoms with Crippen molar-refractivity contribution in [2.75, 3.05) is 117 Å². The smallest absolute Gasteiger partial charge is 0.398 e. The number of fused-ring (bicyclic) bond motifs is 17. The topological polar surface area (TPSA) is 270 Å². The number of hydrogen-bond donors (Lipinski definition) is 0. The van der Waals surface area contributed by atoms with Crippen LogP contribution in [-0.4, -0.2) is 193 Å². The van der Waals surface area contributed by atoms with Crippen LogP contribution in [0.25, 0.3) is 56.3 Å². The van der Waals surface area contributed by atoms with Gasteiger partial charge in [0.1, 0.15) is 23.9 Å². The molecule has 17 rings (SSSR count). The molecule has 10 aromatic rings. The molecule has 0 atom stereocenters. The maximum Gasteiger partial charge on any atom is 0.398 e. The molecule has 0 radical (unpaired) electrons. The van der Waals surface area contributed by atoms with Crippen molar-refractivity contribution in [1.29, 1.82) is 0 Å². The number of carbonyl (C=O) groups is 2. The standard InChI is InChI=1S/C24H29N3O3S.C23H27N3O3S.C22H28N2O3S.C20H21F3N2O2S.C20H24N2O2S/c1-4-11-27-22(29)20-21(25-23(27)31-15-14-30-3)19-8-6-5-7-18(19)16-24(20)9-12-26(13-10-24)17(2)28;1-3-10-26-21(28)19-20(24-22(26)30-14-13-29-2)18-7-5-4-6-17(18)15-23(19)8-11-25(16-27)12-9-23;1-6-11-24-20(25)18-19(23-21(24)28-7-2)15-9-8-10-17(27-13-12-26-5)16(15)14-22(18,3)4;1-5-8-25-17(26)15-16(24-18(25)28-11-20(21,22)23)14-9-13(27-4)7-6-12(14)10-19(15,2)3;1-6-11-22-18(23)16-17(21-19(22)25-7-2)13-9-8-10-15(24-5)14(13)12-20(16,3)4/h4-8H,1,9-16H2,2-3H3;3-7,16H,1,8-15H2,2H3;6,8-10H,1,7,11-14H2,2-5H3;5-7,9H,1,8,10-11H2,2-4H3;6,8-10H,1,7,11-12H2,2-5H3. The maximum atomic E-state index is 13.9. The van der Waals surface area contributed by atoms with Crippen LogP contribution < -0.4 is 42.0 Å². The van der Waals surface area contributed by atoms with E-state index in [4.69, 9.17) is 48.4 Å². The Hall–Kier alpha value is -11.0. The van der Waals surface area contributed by atoms with Gasteiger partial charge in [-0.3, -0.25) is 56.4 Å². The van der Waals surface area contributed by atoms with Crippen LogP contribution in [0.15, 0.2) is 216 Å². The molecule has 0 saturated carbocycles. The summed E-state index contributed by atoms with van der Waals surface area (Å²) in [6, 6.07) is 34.0. The summed E-state index contributed by atoms with van der Waals surface area (Å²) in [5.41, 5.74) is 15.9. The Kier molecular flexibility index (Phi) is 36.0. The highest BCUT2D eigenvalue weighted by molar-refractivity contribution is 8.00. The van der Waals surface area contributed by atoms with E-state index in [1.165, 1.54) is 52.4 Å². The summed E-state index contributed by atoms with van der Waals surface area (Å²) in [5, 5.41) is 2.92. The molecule has 2 fully saturated rings. The molecule has 0 unspecified atom stereocenters. The fraction of sp³-hybridized carbons (Fsp3) is 0.431. The number of halogens is 3. The number of rotatable bonds is 31. The highest BCUT2D eigenvalue weighted by Crippen LogP contribution is 2.52. The van der Waals surface area contributed by atoms with Gasteiger partial charge in [-0.2, -0.15) is 13.2 Å². The highest BCUT2D eigenvalue weighted by Gasteiger charge is 2.49. The Morgan fingerprint density at radius 2 is 0.775 bits per heavy atom. The summed E-state index contributed by atoms with van der Waals surface area (Å²) >= 11 is 6.76. The minimum atomic E-state index is -4.36. The van der Waals surface area contributed by atoms with Gasteiger partial charge in [0.25, 0.3) is 27.8 Å². The minimum absolute atomic E-state index is 0.0221. The molecule has 2 spiro atoms. The monoisotopic (exact) mass is 2030 g/mol. The van der Waals surface area contributed by atoms with Crippen molar-refractivity contribution in [3.63, 3.8) is 0 Å². The van der Waals surface area contributed by atoms with Crippen molar-refractivity contribution in [3.8, 4) is 73.5 Å². The zero-order chi connectivity index (χ0) is 102. The predicted molar refractivity (Wildman–Crippen MR) is 565 cm³/mol. The lowest BCUT2D eigenvalue weighted by atomic mass is 9.64. The summed E-state index contributed by atoms with van der Waals surface area (Å²) in [6.07, 6.45) is 11.8. The van der Waals surface area contributed by atoms with E-state index in [0.717, 1.165) is 192 Å². The van der Waals surface area contributed by atoms with Crippen molar-refractivity contribution >= 4 is 71.1 Å². The molecule has 2 aliphatic heterocycles. The molecule has 25 nitrogen and oxygen atoms in total. The average Bonchev–Trinajstić information content (AvgIpc) is 0.718. The number of benzene rings is 5. The molecule has 142 heavy (non-hydrogen) atoms. The maximum absolute atomic E-state index is 13.9. The van der Waals surface area contributed by atoms with Crippen LogP contribution in [0.1, 0.15) is 144 Å². The number of ether oxygens (including phenoxy) is 6.